The highest BCUT2D eigenvalue weighted by molar-refractivity contribution is 7.91. The highest BCUT2D eigenvalue weighted by Gasteiger charge is 2.41. The van der Waals surface area contributed by atoms with Crippen LogP contribution >= 0.6 is 0 Å². The molecule has 0 unspecified atom stereocenters. The maximum atomic E-state index is 12.0. The van der Waals surface area contributed by atoms with Gasteiger partial charge in [-0.15, -0.1) is 0 Å². The van der Waals surface area contributed by atoms with Crippen LogP contribution in [0.5, 0.6) is 0 Å². The van der Waals surface area contributed by atoms with Crippen LogP contribution in [-0.4, -0.2) is 56.5 Å². The summed E-state index contributed by atoms with van der Waals surface area (Å²) >= 11 is 0. The molecule has 3 rings (SSSR count). The highest BCUT2D eigenvalue weighted by atomic mass is 32.2. The second kappa shape index (κ2) is 7.32. The summed E-state index contributed by atoms with van der Waals surface area (Å²) in [6.45, 7) is 5.15. The number of nitrogens with zero attached hydrogens (tertiary/aromatic N) is 1. The van der Waals surface area contributed by atoms with E-state index in [2.05, 4.69) is 41.4 Å². The van der Waals surface area contributed by atoms with E-state index >= 15 is 0 Å². The van der Waals surface area contributed by atoms with Gasteiger partial charge in [-0.1, -0.05) is 24.3 Å². The smallest absolute Gasteiger partial charge is 0.153 e. The fourth-order valence-corrected chi connectivity index (χ4v) is 5.90. The van der Waals surface area contributed by atoms with Crippen molar-refractivity contribution in [2.75, 3.05) is 31.1 Å². The average Bonchev–Trinajstić information content (AvgIpc) is 3.12. The first-order chi connectivity index (χ1) is 11.1. The van der Waals surface area contributed by atoms with Gasteiger partial charge in [-0.3, -0.25) is 4.90 Å². The quantitative estimate of drug-likeness (QED) is 0.805. The molecule has 23 heavy (non-hydrogen) atoms. The Balaban J connectivity index is 1.51. The molecule has 2 fully saturated rings. The van der Waals surface area contributed by atoms with Crippen LogP contribution in [0.15, 0.2) is 24.3 Å². The van der Waals surface area contributed by atoms with Crippen LogP contribution in [0.4, 0.5) is 0 Å². The Morgan fingerprint density at radius 2 is 1.91 bits per heavy atom. The van der Waals surface area contributed by atoms with Crippen LogP contribution in [0.25, 0.3) is 0 Å². The lowest BCUT2D eigenvalue weighted by atomic mass is 10.0. The Morgan fingerprint density at radius 1 is 1.17 bits per heavy atom. The molecule has 1 N–H and O–H groups in total. The van der Waals surface area contributed by atoms with E-state index in [1.54, 1.807) is 0 Å². The number of sulfone groups is 1. The molecule has 1 aromatic carbocycles. The number of hydrogen-bond donors (Lipinski definition) is 1. The van der Waals surface area contributed by atoms with Gasteiger partial charge in [0.2, 0.25) is 0 Å². The van der Waals surface area contributed by atoms with Crippen molar-refractivity contribution in [3.8, 4) is 0 Å². The van der Waals surface area contributed by atoms with E-state index in [1.807, 2.05) is 0 Å². The van der Waals surface area contributed by atoms with Crippen LogP contribution in [0.1, 0.15) is 30.4 Å². The fraction of sp³-hybridized carbons (Fsp3) is 0.667. The standard InChI is InChI=1S/C18H28N2O2S/c1-15-7-2-3-8-16(15)9-6-10-19-17-13-23(21,22)14-18(17)20-11-4-5-12-20/h2-3,7-8,17-19H,4-6,9-14H2,1H3/t17-,18+/m0/s1. The van der Waals surface area contributed by atoms with E-state index in [4.69, 9.17) is 0 Å². The maximum Gasteiger partial charge on any atom is 0.153 e. The van der Waals surface area contributed by atoms with E-state index < -0.39 is 9.84 Å². The first-order valence-corrected chi connectivity index (χ1v) is 10.6. The third kappa shape index (κ3) is 4.34. The Kier molecular flexibility index (Phi) is 5.39. The molecule has 4 nitrogen and oxygen atoms in total. The summed E-state index contributed by atoms with van der Waals surface area (Å²) in [6.07, 6.45) is 4.51. The predicted molar refractivity (Wildman–Crippen MR) is 94.5 cm³/mol. The third-order valence-corrected chi connectivity index (χ3v) is 6.94. The number of benzene rings is 1. The van der Waals surface area contributed by atoms with Gasteiger partial charge in [0, 0.05) is 12.1 Å². The van der Waals surface area contributed by atoms with Crippen molar-refractivity contribution in [3.05, 3.63) is 35.4 Å². The number of rotatable bonds is 6. The zero-order valence-corrected chi connectivity index (χ0v) is 14.8. The molecular weight excluding hydrogens is 308 g/mol. The summed E-state index contributed by atoms with van der Waals surface area (Å²) in [7, 11) is -2.88. The van der Waals surface area contributed by atoms with Gasteiger partial charge in [0.15, 0.2) is 9.84 Å². The summed E-state index contributed by atoms with van der Waals surface area (Å²) in [5, 5.41) is 3.53. The summed E-state index contributed by atoms with van der Waals surface area (Å²) in [6, 6.07) is 8.78. The van der Waals surface area contributed by atoms with Crippen LogP contribution in [0.2, 0.25) is 0 Å². The van der Waals surface area contributed by atoms with Gasteiger partial charge in [0.1, 0.15) is 0 Å². The minimum absolute atomic E-state index is 0.106. The van der Waals surface area contributed by atoms with Crippen molar-refractivity contribution >= 4 is 9.84 Å². The zero-order chi connectivity index (χ0) is 16.3. The molecule has 2 atom stereocenters. The van der Waals surface area contributed by atoms with Gasteiger partial charge in [-0.2, -0.15) is 0 Å². The van der Waals surface area contributed by atoms with Gasteiger partial charge in [0.25, 0.3) is 0 Å². The summed E-state index contributed by atoms with van der Waals surface area (Å²) < 4.78 is 24.1. The fourth-order valence-electron chi connectivity index (χ4n) is 3.91. The number of likely N-dealkylation sites (tertiary alicyclic amines) is 1. The molecule has 0 radical (unpaired) electrons. The Labute approximate surface area is 140 Å². The minimum Gasteiger partial charge on any atom is -0.311 e. The number of nitrogens with one attached hydrogen (secondary N) is 1. The van der Waals surface area contributed by atoms with E-state index in [1.165, 1.54) is 24.0 Å². The topological polar surface area (TPSA) is 49.4 Å². The molecule has 0 bridgehead atoms. The molecule has 1 aromatic rings. The van der Waals surface area contributed by atoms with Crippen molar-refractivity contribution in [2.45, 2.75) is 44.7 Å². The maximum absolute atomic E-state index is 12.0. The van der Waals surface area contributed by atoms with Gasteiger partial charge in [-0.25, -0.2) is 8.42 Å². The van der Waals surface area contributed by atoms with Crippen LogP contribution in [0, 0.1) is 6.92 Å². The van der Waals surface area contributed by atoms with Crippen molar-refractivity contribution in [1.82, 2.24) is 10.2 Å². The molecule has 5 heteroatoms. The SMILES string of the molecule is Cc1ccccc1CCCN[C@H]1CS(=O)(=O)C[C@H]1N1CCCC1. The lowest BCUT2D eigenvalue weighted by Crippen LogP contribution is -2.48. The van der Waals surface area contributed by atoms with Crippen molar-refractivity contribution in [1.29, 1.82) is 0 Å². The summed E-state index contributed by atoms with van der Waals surface area (Å²) in [4.78, 5) is 2.38. The van der Waals surface area contributed by atoms with Gasteiger partial charge in [-0.05, 0) is 63.4 Å². The lowest BCUT2D eigenvalue weighted by molar-refractivity contribution is 0.226. The molecule has 0 amide bonds. The van der Waals surface area contributed by atoms with E-state index in [-0.39, 0.29) is 12.1 Å². The Hall–Kier alpha value is -0.910. The molecule has 2 aliphatic heterocycles. The monoisotopic (exact) mass is 336 g/mol. The largest absolute Gasteiger partial charge is 0.311 e. The highest BCUT2D eigenvalue weighted by Crippen LogP contribution is 2.22. The first-order valence-electron chi connectivity index (χ1n) is 8.77. The van der Waals surface area contributed by atoms with Gasteiger partial charge in [0.05, 0.1) is 11.5 Å². The summed E-state index contributed by atoms with van der Waals surface area (Å²) in [5.74, 6) is 0.640. The zero-order valence-electron chi connectivity index (χ0n) is 14.0. The average molecular weight is 337 g/mol. The molecule has 0 spiro atoms. The third-order valence-electron chi connectivity index (χ3n) is 5.22. The predicted octanol–water partition coefficient (Wildman–Crippen LogP) is 1.78. The molecule has 2 aliphatic rings. The lowest BCUT2D eigenvalue weighted by Gasteiger charge is -2.28. The van der Waals surface area contributed by atoms with E-state index in [0.29, 0.717) is 11.5 Å². The van der Waals surface area contributed by atoms with Crippen LogP contribution in [-0.2, 0) is 16.3 Å². The van der Waals surface area contributed by atoms with Gasteiger partial charge >= 0.3 is 0 Å². The Bertz CT molecular complexity index is 624. The Morgan fingerprint density at radius 3 is 2.65 bits per heavy atom. The molecule has 0 aliphatic carbocycles. The van der Waals surface area contributed by atoms with Crippen molar-refractivity contribution in [3.63, 3.8) is 0 Å². The molecular formula is C18H28N2O2S. The molecule has 0 aromatic heterocycles. The van der Waals surface area contributed by atoms with Crippen LogP contribution < -0.4 is 5.32 Å². The summed E-state index contributed by atoms with van der Waals surface area (Å²) in [5.41, 5.74) is 2.73. The van der Waals surface area contributed by atoms with Crippen molar-refractivity contribution in [2.24, 2.45) is 0 Å². The molecule has 2 saturated heterocycles. The number of hydrogen-bond acceptors (Lipinski definition) is 4. The van der Waals surface area contributed by atoms with E-state index in [9.17, 15) is 8.42 Å². The molecule has 2 heterocycles. The normalized spacial score (nSPS) is 27.5. The number of aryl methyl sites for hydroxylation is 2. The second-order valence-corrected chi connectivity index (χ2v) is 9.13. The minimum atomic E-state index is -2.88. The van der Waals surface area contributed by atoms with Crippen molar-refractivity contribution < 1.29 is 8.42 Å². The molecule has 0 saturated carbocycles. The molecule has 128 valence electrons. The van der Waals surface area contributed by atoms with Crippen LogP contribution in [0.3, 0.4) is 0 Å². The first kappa shape index (κ1) is 16.9. The van der Waals surface area contributed by atoms with Gasteiger partial charge < -0.3 is 5.32 Å². The second-order valence-electron chi connectivity index (χ2n) is 6.98. The van der Waals surface area contributed by atoms with E-state index in [0.717, 1.165) is 32.5 Å².